The molecule has 32 heavy (non-hydrogen) atoms. The summed E-state index contributed by atoms with van der Waals surface area (Å²) in [5, 5.41) is 0. The number of aromatic nitrogens is 2. The first kappa shape index (κ1) is 22.1. The topological polar surface area (TPSA) is 70.8 Å². The van der Waals surface area contributed by atoms with Gasteiger partial charge in [0.2, 0.25) is 5.91 Å². The fourth-order valence-corrected chi connectivity index (χ4v) is 4.74. The molecule has 3 heterocycles. The van der Waals surface area contributed by atoms with Gasteiger partial charge in [0.25, 0.3) is 5.56 Å². The standard InChI is InChI=1S/C23H30FN5O3/c1-3-29-20(15-21(30)25(2)23(29)32)28-10-6-7-17(16-28)22(31)27-13-11-26(12-14-27)19-9-5-4-8-18(19)24/h4-5,8-9,15,17H,3,6-7,10-14,16H2,1-2H3. The van der Waals surface area contributed by atoms with Crippen LogP contribution >= 0.6 is 0 Å². The highest BCUT2D eigenvalue weighted by Crippen LogP contribution is 2.25. The van der Waals surface area contributed by atoms with Crippen molar-refractivity contribution in [2.45, 2.75) is 26.3 Å². The van der Waals surface area contributed by atoms with Crippen molar-refractivity contribution in [3.05, 3.63) is 57.0 Å². The van der Waals surface area contributed by atoms with Crippen LogP contribution in [0.1, 0.15) is 19.8 Å². The van der Waals surface area contributed by atoms with E-state index in [2.05, 4.69) is 0 Å². The van der Waals surface area contributed by atoms with Crippen LogP contribution in [0.15, 0.2) is 39.9 Å². The van der Waals surface area contributed by atoms with Crippen LogP contribution < -0.4 is 21.0 Å². The highest BCUT2D eigenvalue weighted by molar-refractivity contribution is 5.80. The maximum Gasteiger partial charge on any atom is 0.332 e. The molecule has 1 atom stereocenters. The Morgan fingerprint density at radius 3 is 2.47 bits per heavy atom. The third-order valence-electron chi connectivity index (χ3n) is 6.57. The Bertz CT molecular complexity index is 1100. The average molecular weight is 444 g/mol. The van der Waals surface area contributed by atoms with E-state index in [1.165, 1.54) is 19.2 Å². The van der Waals surface area contributed by atoms with Crippen LogP contribution in [-0.2, 0) is 18.4 Å². The molecule has 1 aromatic carbocycles. The SMILES string of the molecule is CCn1c(N2CCCC(C(=O)N3CCN(c4ccccc4F)CC3)C2)cc(=O)n(C)c1=O. The first-order valence-electron chi connectivity index (χ1n) is 11.2. The molecule has 2 saturated heterocycles. The van der Waals surface area contributed by atoms with Crippen molar-refractivity contribution in [2.24, 2.45) is 13.0 Å². The van der Waals surface area contributed by atoms with Crippen molar-refractivity contribution in [3.8, 4) is 0 Å². The number of piperazine rings is 1. The summed E-state index contributed by atoms with van der Waals surface area (Å²) in [6.07, 6.45) is 1.60. The number of para-hydroxylation sites is 1. The van der Waals surface area contributed by atoms with Crippen molar-refractivity contribution in [1.82, 2.24) is 14.0 Å². The lowest BCUT2D eigenvalue weighted by atomic mass is 9.96. The summed E-state index contributed by atoms with van der Waals surface area (Å²) < 4.78 is 16.8. The summed E-state index contributed by atoms with van der Waals surface area (Å²) in [4.78, 5) is 43.8. The number of nitrogens with zero attached hydrogens (tertiary/aromatic N) is 5. The van der Waals surface area contributed by atoms with Gasteiger partial charge in [0.05, 0.1) is 11.6 Å². The number of carbonyl (C=O) groups excluding carboxylic acids is 1. The Morgan fingerprint density at radius 1 is 1.06 bits per heavy atom. The van der Waals surface area contributed by atoms with Crippen LogP contribution in [0.5, 0.6) is 0 Å². The maximum atomic E-state index is 14.1. The number of hydrogen-bond acceptors (Lipinski definition) is 5. The van der Waals surface area contributed by atoms with E-state index in [1.54, 1.807) is 16.7 Å². The molecule has 2 fully saturated rings. The summed E-state index contributed by atoms with van der Waals surface area (Å²) in [5.74, 6) is 0.249. The van der Waals surface area contributed by atoms with Crippen molar-refractivity contribution in [1.29, 1.82) is 0 Å². The van der Waals surface area contributed by atoms with Gasteiger partial charge in [0.15, 0.2) is 0 Å². The summed E-state index contributed by atoms with van der Waals surface area (Å²) in [6.45, 7) is 5.80. The number of halogens is 1. The highest BCUT2D eigenvalue weighted by atomic mass is 19.1. The molecule has 1 unspecified atom stereocenters. The average Bonchev–Trinajstić information content (AvgIpc) is 2.82. The molecule has 1 aromatic heterocycles. The number of benzene rings is 1. The van der Waals surface area contributed by atoms with E-state index in [4.69, 9.17) is 0 Å². The number of amides is 1. The molecule has 0 spiro atoms. The number of anilines is 2. The first-order chi connectivity index (χ1) is 15.4. The number of hydrogen-bond donors (Lipinski definition) is 0. The minimum absolute atomic E-state index is 0.0945. The second-order valence-electron chi connectivity index (χ2n) is 8.48. The predicted octanol–water partition coefficient (Wildman–Crippen LogP) is 1.27. The zero-order valence-corrected chi connectivity index (χ0v) is 18.7. The molecule has 0 N–H and O–H groups in total. The molecule has 2 aromatic rings. The third-order valence-corrected chi connectivity index (χ3v) is 6.57. The summed E-state index contributed by atoms with van der Waals surface area (Å²) in [6, 6.07) is 8.21. The van der Waals surface area contributed by atoms with Crippen LogP contribution in [-0.4, -0.2) is 59.2 Å². The van der Waals surface area contributed by atoms with Crippen molar-refractivity contribution in [2.75, 3.05) is 49.1 Å². The van der Waals surface area contributed by atoms with Crippen LogP contribution in [0.25, 0.3) is 0 Å². The summed E-state index contributed by atoms with van der Waals surface area (Å²) >= 11 is 0. The zero-order chi connectivity index (χ0) is 22.8. The molecule has 8 nitrogen and oxygen atoms in total. The van der Waals surface area contributed by atoms with E-state index < -0.39 is 0 Å². The normalized spacial score (nSPS) is 19.3. The number of carbonyl (C=O) groups is 1. The van der Waals surface area contributed by atoms with Crippen LogP contribution in [0.4, 0.5) is 15.9 Å². The van der Waals surface area contributed by atoms with Gasteiger partial charge >= 0.3 is 5.69 Å². The lowest BCUT2D eigenvalue weighted by Gasteiger charge is -2.40. The van der Waals surface area contributed by atoms with Crippen molar-refractivity contribution >= 4 is 17.4 Å². The smallest absolute Gasteiger partial charge is 0.332 e. The molecule has 172 valence electrons. The summed E-state index contributed by atoms with van der Waals surface area (Å²) in [5.41, 5.74) is -0.105. The van der Waals surface area contributed by atoms with E-state index in [-0.39, 0.29) is 28.9 Å². The van der Waals surface area contributed by atoms with Gasteiger partial charge in [-0.2, -0.15) is 0 Å². The minimum Gasteiger partial charge on any atom is -0.366 e. The van der Waals surface area contributed by atoms with Crippen LogP contribution in [0.3, 0.4) is 0 Å². The fourth-order valence-electron chi connectivity index (χ4n) is 4.74. The molecule has 0 aliphatic carbocycles. The quantitative estimate of drug-likeness (QED) is 0.712. The number of piperidine rings is 1. The van der Waals surface area contributed by atoms with Crippen LogP contribution in [0.2, 0.25) is 0 Å². The largest absolute Gasteiger partial charge is 0.366 e. The van der Waals surface area contributed by atoms with E-state index in [0.717, 1.165) is 17.4 Å². The second kappa shape index (κ2) is 9.18. The lowest BCUT2D eigenvalue weighted by molar-refractivity contribution is -0.136. The lowest BCUT2D eigenvalue weighted by Crippen LogP contribution is -2.53. The zero-order valence-electron chi connectivity index (χ0n) is 18.7. The highest BCUT2D eigenvalue weighted by Gasteiger charge is 2.32. The Kier molecular flexibility index (Phi) is 6.34. The first-order valence-corrected chi connectivity index (χ1v) is 11.2. The van der Waals surface area contributed by atoms with Crippen LogP contribution in [0, 0.1) is 11.7 Å². The molecule has 4 rings (SSSR count). The molecule has 0 bridgehead atoms. The van der Waals surface area contributed by atoms with Gasteiger partial charge in [0, 0.05) is 58.9 Å². The van der Waals surface area contributed by atoms with Gasteiger partial charge in [-0.15, -0.1) is 0 Å². The van der Waals surface area contributed by atoms with E-state index in [1.807, 2.05) is 27.7 Å². The molecule has 9 heteroatoms. The van der Waals surface area contributed by atoms with E-state index in [0.29, 0.717) is 57.3 Å². The van der Waals surface area contributed by atoms with Gasteiger partial charge in [-0.05, 0) is 31.9 Å². The third kappa shape index (κ3) is 4.16. The van der Waals surface area contributed by atoms with Gasteiger partial charge in [-0.3, -0.25) is 18.7 Å². The van der Waals surface area contributed by atoms with Crippen molar-refractivity contribution in [3.63, 3.8) is 0 Å². The Hall–Kier alpha value is -3.10. The van der Waals surface area contributed by atoms with Gasteiger partial charge in [-0.1, -0.05) is 12.1 Å². The fraction of sp³-hybridized carbons (Fsp3) is 0.522. The Balaban J connectivity index is 1.45. The molecule has 0 saturated carbocycles. The predicted molar refractivity (Wildman–Crippen MR) is 122 cm³/mol. The van der Waals surface area contributed by atoms with E-state index >= 15 is 0 Å². The number of rotatable bonds is 4. The summed E-state index contributed by atoms with van der Waals surface area (Å²) in [7, 11) is 1.48. The molecule has 0 radical (unpaired) electrons. The molecular formula is C23H30FN5O3. The molecular weight excluding hydrogens is 413 g/mol. The molecule has 1 amide bonds. The Morgan fingerprint density at radius 2 is 1.78 bits per heavy atom. The maximum absolute atomic E-state index is 14.1. The van der Waals surface area contributed by atoms with Gasteiger partial charge in [0.1, 0.15) is 11.6 Å². The van der Waals surface area contributed by atoms with Gasteiger partial charge in [-0.25, -0.2) is 9.18 Å². The molecule has 2 aliphatic heterocycles. The van der Waals surface area contributed by atoms with E-state index in [9.17, 15) is 18.8 Å². The minimum atomic E-state index is -0.340. The Labute approximate surface area is 186 Å². The monoisotopic (exact) mass is 443 g/mol. The van der Waals surface area contributed by atoms with Gasteiger partial charge < -0.3 is 14.7 Å². The van der Waals surface area contributed by atoms with Crippen molar-refractivity contribution < 1.29 is 9.18 Å². The molecule has 2 aliphatic rings. The second-order valence-corrected chi connectivity index (χ2v) is 8.48.